The summed E-state index contributed by atoms with van der Waals surface area (Å²) in [6, 6.07) is -1.18. The molecule has 184 valence electrons. The number of carbonyl (C=O) groups excluding carboxylic acids is 5. The van der Waals surface area contributed by atoms with Crippen molar-refractivity contribution in [3.05, 3.63) is 31.4 Å². The summed E-state index contributed by atoms with van der Waals surface area (Å²) in [6.45, 7) is 1.44. The number of nitrogens with one attached hydrogen (secondary N) is 4. The van der Waals surface area contributed by atoms with E-state index in [1.165, 1.54) is 13.0 Å². The fraction of sp³-hybridized carbons (Fsp3) is 0.421. The van der Waals surface area contributed by atoms with E-state index < -0.39 is 52.6 Å². The number of hydrogen-bond acceptors (Lipinski definition) is 8. The van der Waals surface area contributed by atoms with Crippen molar-refractivity contribution in [3.63, 3.8) is 0 Å². The van der Waals surface area contributed by atoms with Crippen LogP contribution in [-0.4, -0.2) is 59.1 Å². The first-order valence-electron chi connectivity index (χ1n) is 10.1. The number of fused-ring (bicyclic) bond motifs is 1. The number of primary amides is 2. The lowest BCUT2D eigenvalue weighted by Crippen LogP contribution is -2.56. The molecule has 0 saturated carbocycles. The van der Waals surface area contributed by atoms with Gasteiger partial charge in [0.2, 0.25) is 23.6 Å². The third kappa shape index (κ3) is 7.00. The van der Waals surface area contributed by atoms with Gasteiger partial charge in [0.05, 0.1) is 16.2 Å². The number of nitro benzene ring substituents is 1. The van der Waals surface area contributed by atoms with Crippen LogP contribution in [0.3, 0.4) is 0 Å². The number of nitro groups is 1. The van der Waals surface area contributed by atoms with Crippen molar-refractivity contribution in [1.29, 1.82) is 0 Å². The van der Waals surface area contributed by atoms with Gasteiger partial charge in [-0.1, -0.05) is 0 Å². The van der Waals surface area contributed by atoms with E-state index in [2.05, 4.69) is 21.3 Å². The highest BCUT2D eigenvalue weighted by Gasteiger charge is 2.29. The molecule has 0 spiro atoms. The standard InChI is InChI=1S/C19H24IN7O7/c1-8-17(30)25-12(16(22)29)4-5-23-15-10(6-9(27(33)34)7-11(15)20)18(31)26-13(19(32)24-8)2-3-14(21)28/h6-8,12-13,23H,2-5H2,1H3,(H2,21,28)(H2,22,29)(H,24,32)(H,25,30)(H,26,31)/t8-,12-,13-/m0/s1. The van der Waals surface area contributed by atoms with E-state index in [0.29, 0.717) is 3.57 Å². The summed E-state index contributed by atoms with van der Waals surface area (Å²) in [7, 11) is 0. The highest BCUT2D eigenvalue weighted by atomic mass is 127. The Labute approximate surface area is 207 Å². The highest BCUT2D eigenvalue weighted by Crippen LogP contribution is 2.29. The highest BCUT2D eigenvalue weighted by molar-refractivity contribution is 14.1. The largest absolute Gasteiger partial charge is 0.383 e. The topological polar surface area (TPSA) is 229 Å². The van der Waals surface area contributed by atoms with Gasteiger partial charge in [0.15, 0.2) is 0 Å². The summed E-state index contributed by atoms with van der Waals surface area (Å²) in [5.41, 5.74) is 10.3. The number of halogens is 1. The van der Waals surface area contributed by atoms with Gasteiger partial charge in [-0.3, -0.25) is 34.1 Å². The average Bonchev–Trinajstić information content (AvgIpc) is 2.74. The molecule has 1 heterocycles. The first-order chi connectivity index (χ1) is 15.9. The minimum Gasteiger partial charge on any atom is -0.383 e. The maximum atomic E-state index is 13.1. The number of non-ortho nitro benzene ring substituents is 1. The monoisotopic (exact) mass is 589 g/mol. The number of nitrogens with two attached hydrogens (primary N) is 2. The van der Waals surface area contributed by atoms with Crippen LogP contribution in [0.4, 0.5) is 11.4 Å². The van der Waals surface area contributed by atoms with Crippen LogP contribution in [0.25, 0.3) is 0 Å². The number of hydrogen-bond donors (Lipinski definition) is 6. The zero-order valence-corrected chi connectivity index (χ0v) is 20.2. The molecule has 1 aromatic carbocycles. The van der Waals surface area contributed by atoms with Crippen LogP contribution in [0, 0.1) is 13.7 Å². The van der Waals surface area contributed by atoms with Gasteiger partial charge in [0.1, 0.15) is 18.1 Å². The second kappa shape index (κ2) is 11.6. The van der Waals surface area contributed by atoms with Crippen molar-refractivity contribution < 1.29 is 28.9 Å². The summed E-state index contributed by atoms with van der Waals surface area (Å²) in [5.74, 6) is -3.83. The van der Waals surface area contributed by atoms with E-state index in [9.17, 15) is 34.1 Å². The average molecular weight is 589 g/mol. The minimum absolute atomic E-state index is 0.0388. The Kier molecular flexibility index (Phi) is 9.11. The van der Waals surface area contributed by atoms with Crippen molar-refractivity contribution in [1.82, 2.24) is 16.0 Å². The van der Waals surface area contributed by atoms with Gasteiger partial charge < -0.3 is 32.7 Å². The van der Waals surface area contributed by atoms with Gasteiger partial charge in [-0.05, 0) is 42.4 Å². The van der Waals surface area contributed by atoms with Gasteiger partial charge in [-0.25, -0.2) is 0 Å². The van der Waals surface area contributed by atoms with Crippen LogP contribution in [0.5, 0.6) is 0 Å². The molecule has 0 radical (unpaired) electrons. The molecule has 3 atom stereocenters. The van der Waals surface area contributed by atoms with Crippen LogP contribution in [0.1, 0.15) is 36.5 Å². The minimum atomic E-state index is -1.28. The van der Waals surface area contributed by atoms with E-state index in [-0.39, 0.29) is 42.7 Å². The number of carbonyl (C=O) groups is 5. The van der Waals surface area contributed by atoms with Gasteiger partial charge in [0, 0.05) is 28.7 Å². The molecule has 15 heteroatoms. The molecule has 0 fully saturated rings. The fourth-order valence-corrected chi connectivity index (χ4v) is 3.95. The predicted octanol–water partition coefficient (Wildman–Crippen LogP) is -1.15. The quantitative estimate of drug-likeness (QED) is 0.139. The fourth-order valence-electron chi connectivity index (χ4n) is 3.15. The first kappa shape index (κ1) is 26.7. The third-order valence-corrected chi connectivity index (χ3v) is 5.83. The number of benzene rings is 1. The van der Waals surface area contributed by atoms with E-state index in [0.717, 1.165) is 6.07 Å². The molecule has 0 aliphatic carbocycles. The number of anilines is 1. The molecule has 1 aliphatic rings. The molecular formula is C19H24IN7O7. The van der Waals surface area contributed by atoms with E-state index in [1.54, 1.807) is 22.6 Å². The lowest BCUT2D eigenvalue weighted by Gasteiger charge is -2.24. The maximum absolute atomic E-state index is 13.1. The molecule has 0 aromatic heterocycles. The van der Waals surface area contributed by atoms with Crippen molar-refractivity contribution in [3.8, 4) is 0 Å². The van der Waals surface area contributed by atoms with Gasteiger partial charge in [0.25, 0.3) is 11.6 Å². The molecule has 1 aliphatic heterocycles. The van der Waals surface area contributed by atoms with Gasteiger partial charge in [-0.2, -0.15) is 0 Å². The molecule has 5 amide bonds. The Morgan fingerprint density at radius 3 is 2.41 bits per heavy atom. The Hall–Kier alpha value is -3.50. The number of nitrogens with zero attached hydrogens (tertiary/aromatic N) is 1. The molecule has 34 heavy (non-hydrogen) atoms. The summed E-state index contributed by atoms with van der Waals surface area (Å²) in [6.07, 6.45) is -0.392. The molecule has 0 saturated heterocycles. The maximum Gasteiger partial charge on any atom is 0.271 e. The summed E-state index contributed by atoms with van der Waals surface area (Å²) in [5, 5.41) is 21.6. The molecule has 0 unspecified atom stereocenters. The van der Waals surface area contributed by atoms with Crippen LogP contribution in [0.2, 0.25) is 0 Å². The lowest BCUT2D eigenvalue weighted by molar-refractivity contribution is -0.384. The van der Waals surface area contributed by atoms with Crippen molar-refractivity contribution >= 4 is 63.5 Å². The smallest absolute Gasteiger partial charge is 0.271 e. The molecular weight excluding hydrogens is 565 g/mol. The molecule has 1 aromatic rings. The zero-order chi connectivity index (χ0) is 25.6. The normalized spacial score (nSPS) is 21.6. The first-order valence-corrected chi connectivity index (χ1v) is 11.2. The Morgan fingerprint density at radius 2 is 1.82 bits per heavy atom. The van der Waals surface area contributed by atoms with Crippen LogP contribution < -0.4 is 32.7 Å². The van der Waals surface area contributed by atoms with E-state index >= 15 is 0 Å². The van der Waals surface area contributed by atoms with Crippen LogP contribution in [-0.2, 0) is 19.2 Å². The Balaban J connectivity index is 2.53. The van der Waals surface area contributed by atoms with E-state index in [4.69, 9.17) is 11.5 Å². The van der Waals surface area contributed by atoms with Crippen LogP contribution >= 0.6 is 22.6 Å². The van der Waals surface area contributed by atoms with Crippen molar-refractivity contribution in [2.75, 3.05) is 11.9 Å². The van der Waals surface area contributed by atoms with E-state index in [1.807, 2.05) is 0 Å². The SMILES string of the molecule is C[C@@H]1NC(=O)[C@H](CCC(N)=O)NC(=O)c2cc([N+](=O)[O-])cc(I)c2NCC[C@@H](C(N)=O)NC1=O. The van der Waals surface area contributed by atoms with Crippen molar-refractivity contribution in [2.24, 2.45) is 11.5 Å². The summed E-state index contributed by atoms with van der Waals surface area (Å²) in [4.78, 5) is 72.1. The zero-order valence-electron chi connectivity index (χ0n) is 18.1. The third-order valence-electron chi connectivity index (χ3n) is 4.98. The molecule has 14 nitrogen and oxygen atoms in total. The molecule has 8 N–H and O–H groups in total. The second-order valence-corrected chi connectivity index (χ2v) is 8.71. The Bertz CT molecular complexity index is 1030. The Morgan fingerprint density at radius 1 is 1.15 bits per heavy atom. The van der Waals surface area contributed by atoms with Gasteiger partial charge >= 0.3 is 0 Å². The lowest BCUT2D eigenvalue weighted by atomic mass is 10.1. The van der Waals surface area contributed by atoms with Crippen LogP contribution in [0.15, 0.2) is 12.1 Å². The number of rotatable bonds is 5. The predicted molar refractivity (Wildman–Crippen MR) is 127 cm³/mol. The summed E-state index contributed by atoms with van der Waals surface area (Å²) >= 11 is 1.81. The second-order valence-electron chi connectivity index (χ2n) is 7.55. The number of amides is 5. The summed E-state index contributed by atoms with van der Waals surface area (Å²) < 4.78 is 0.329. The van der Waals surface area contributed by atoms with Gasteiger partial charge in [-0.15, -0.1) is 0 Å². The molecule has 0 bridgehead atoms. The van der Waals surface area contributed by atoms with Crippen molar-refractivity contribution in [2.45, 2.75) is 44.3 Å². The molecule has 2 rings (SSSR count).